The maximum atomic E-state index is 12.6. The van der Waals surface area contributed by atoms with E-state index in [-0.39, 0.29) is 18.1 Å². The molecule has 1 N–H and O–H groups in total. The Bertz CT molecular complexity index is 714. The molecule has 7 nitrogen and oxygen atoms in total. The maximum absolute atomic E-state index is 12.6. The molecular weight excluding hydrogens is 306 g/mol. The Kier molecular flexibility index (Phi) is 4.10. The molecule has 2 aromatic heterocycles. The standard InChI is InChI=1S/C17H23N5O2/c1-2-22-10-12(9-18-22)16-13(5-4-8-24-16)20-17(23)14-11-21-7-3-6-15(21)19-14/h9-11,13,16H,2-8H2,1H3,(H,20,23)/t13-,16+/m0/s1. The minimum Gasteiger partial charge on any atom is -0.371 e. The molecule has 1 fully saturated rings. The molecule has 0 aliphatic carbocycles. The highest BCUT2D eigenvalue weighted by Gasteiger charge is 2.31. The van der Waals surface area contributed by atoms with Crippen LogP contribution in [0.4, 0.5) is 0 Å². The van der Waals surface area contributed by atoms with Gasteiger partial charge in [0.1, 0.15) is 17.6 Å². The van der Waals surface area contributed by atoms with Crippen LogP contribution in [0.25, 0.3) is 0 Å². The average molecular weight is 329 g/mol. The SMILES string of the molecule is CCn1cc([C@H]2OCCC[C@@H]2NC(=O)c2cn3c(n2)CCC3)cn1. The van der Waals surface area contributed by atoms with Crippen LogP contribution in [0.5, 0.6) is 0 Å². The second-order valence-electron chi connectivity index (χ2n) is 6.48. The lowest BCUT2D eigenvalue weighted by atomic mass is 9.98. The van der Waals surface area contributed by atoms with Gasteiger partial charge in [-0.15, -0.1) is 0 Å². The van der Waals surface area contributed by atoms with Crippen LogP contribution in [0.15, 0.2) is 18.6 Å². The van der Waals surface area contributed by atoms with Gasteiger partial charge in [0, 0.05) is 44.1 Å². The summed E-state index contributed by atoms with van der Waals surface area (Å²) in [5.74, 6) is 0.904. The molecule has 128 valence electrons. The first kappa shape index (κ1) is 15.4. The molecule has 4 heterocycles. The van der Waals surface area contributed by atoms with Crippen molar-refractivity contribution >= 4 is 5.91 Å². The molecule has 7 heteroatoms. The van der Waals surface area contributed by atoms with E-state index in [1.807, 2.05) is 23.3 Å². The van der Waals surface area contributed by atoms with Gasteiger partial charge in [0.05, 0.1) is 12.2 Å². The van der Waals surface area contributed by atoms with Gasteiger partial charge in [-0.05, 0) is 26.2 Å². The smallest absolute Gasteiger partial charge is 0.271 e. The minimum absolute atomic E-state index is 0.0442. The third-order valence-corrected chi connectivity index (χ3v) is 4.84. The van der Waals surface area contributed by atoms with Crippen molar-refractivity contribution in [3.63, 3.8) is 0 Å². The summed E-state index contributed by atoms with van der Waals surface area (Å²) in [5.41, 5.74) is 1.53. The first-order chi connectivity index (χ1) is 11.7. The second-order valence-corrected chi connectivity index (χ2v) is 6.48. The zero-order chi connectivity index (χ0) is 16.5. The molecule has 2 aliphatic rings. The van der Waals surface area contributed by atoms with E-state index in [0.29, 0.717) is 12.3 Å². The Morgan fingerprint density at radius 1 is 1.42 bits per heavy atom. The van der Waals surface area contributed by atoms with E-state index in [0.717, 1.165) is 50.2 Å². The van der Waals surface area contributed by atoms with Gasteiger partial charge in [-0.25, -0.2) is 4.98 Å². The Hall–Kier alpha value is -2.15. The molecule has 0 aromatic carbocycles. The normalized spacial score (nSPS) is 23.2. The first-order valence-electron chi connectivity index (χ1n) is 8.75. The number of imidazole rings is 1. The zero-order valence-electron chi connectivity index (χ0n) is 13.9. The van der Waals surface area contributed by atoms with Crippen molar-refractivity contribution in [3.05, 3.63) is 35.7 Å². The van der Waals surface area contributed by atoms with Crippen LogP contribution in [-0.4, -0.2) is 37.9 Å². The van der Waals surface area contributed by atoms with Crippen molar-refractivity contribution in [2.45, 2.75) is 57.8 Å². The Labute approximate surface area is 141 Å². The zero-order valence-corrected chi connectivity index (χ0v) is 13.9. The molecule has 1 amide bonds. The number of fused-ring (bicyclic) bond motifs is 1. The van der Waals surface area contributed by atoms with Crippen LogP contribution in [0.3, 0.4) is 0 Å². The fourth-order valence-electron chi connectivity index (χ4n) is 3.56. The first-order valence-corrected chi connectivity index (χ1v) is 8.75. The lowest BCUT2D eigenvalue weighted by Crippen LogP contribution is -2.42. The molecule has 2 aromatic rings. The minimum atomic E-state index is -0.141. The summed E-state index contributed by atoms with van der Waals surface area (Å²) >= 11 is 0. The van der Waals surface area contributed by atoms with Gasteiger partial charge in [0.25, 0.3) is 5.91 Å². The van der Waals surface area contributed by atoms with Gasteiger partial charge in [0.15, 0.2) is 0 Å². The molecule has 0 unspecified atom stereocenters. The summed E-state index contributed by atoms with van der Waals surface area (Å²) in [6.07, 6.45) is 9.49. The van der Waals surface area contributed by atoms with Crippen LogP contribution in [-0.2, 0) is 24.2 Å². The Morgan fingerprint density at radius 3 is 3.12 bits per heavy atom. The molecule has 24 heavy (non-hydrogen) atoms. The summed E-state index contributed by atoms with van der Waals surface area (Å²) in [6, 6.07) is -0.0442. The average Bonchev–Trinajstić information content (AvgIpc) is 3.30. The third-order valence-electron chi connectivity index (χ3n) is 4.84. The fourth-order valence-corrected chi connectivity index (χ4v) is 3.56. The highest BCUT2D eigenvalue weighted by atomic mass is 16.5. The van der Waals surface area contributed by atoms with E-state index < -0.39 is 0 Å². The van der Waals surface area contributed by atoms with E-state index >= 15 is 0 Å². The monoisotopic (exact) mass is 329 g/mol. The summed E-state index contributed by atoms with van der Waals surface area (Å²) in [7, 11) is 0. The van der Waals surface area contributed by atoms with Crippen molar-refractivity contribution in [2.75, 3.05) is 6.61 Å². The molecule has 0 radical (unpaired) electrons. The van der Waals surface area contributed by atoms with Crippen LogP contribution < -0.4 is 5.32 Å². The highest BCUT2D eigenvalue weighted by molar-refractivity contribution is 5.92. The van der Waals surface area contributed by atoms with E-state index in [2.05, 4.69) is 26.9 Å². The van der Waals surface area contributed by atoms with Crippen LogP contribution in [0, 0.1) is 0 Å². The van der Waals surface area contributed by atoms with Gasteiger partial charge < -0.3 is 14.6 Å². The molecule has 0 bridgehead atoms. The quantitative estimate of drug-likeness (QED) is 0.926. The number of nitrogens with one attached hydrogen (secondary N) is 1. The number of aromatic nitrogens is 4. The van der Waals surface area contributed by atoms with Crippen LogP contribution in [0.1, 0.15) is 54.2 Å². The van der Waals surface area contributed by atoms with E-state index in [1.165, 1.54) is 0 Å². The summed E-state index contributed by atoms with van der Waals surface area (Å²) < 4.78 is 9.90. The number of hydrogen-bond acceptors (Lipinski definition) is 4. The third kappa shape index (κ3) is 2.84. The molecule has 4 rings (SSSR count). The summed E-state index contributed by atoms with van der Waals surface area (Å²) in [4.78, 5) is 17.1. The van der Waals surface area contributed by atoms with Crippen molar-refractivity contribution in [2.24, 2.45) is 0 Å². The van der Waals surface area contributed by atoms with Crippen molar-refractivity contribution in [1.82, 2.24) is 24.6 Å². The van der Waals surface area contributed by atoms with Gasteiger partial charge >= 0.3 is 0 Å². The van der Waals surface area contributed by atoms with E-state index in [1.54, 1.807) is 0 Å². The predicted molar refractivity (Wildman–Crippen MR) is 87.6 cm³/mol. The number of ether oxygens (including phenoxy) is 1. The second kappa shape index (κ2) is 6.39. The number of hydrogen-bond donors (Lipinski definition) is 1. The topological polar surface area (TPSA) is 74.0 Å². The van der Waals surface area contributed by atoms with Gasteiger partial charge in [0.2, 0.25) is 0 Å². The molecular formula is C17H23N5O2. The largest absolute Gasteiger partial charge is 0.371 e. The Morgan fingerprint density at radius 2 is 2.33 bits per heavy atom. The number of carbonyl (C=O) groups is 1. The van der Waals surface area contributed by atoms with Gasteiger partial charge in [-0.1, -0.05) is 0 Å². The highest BCUT2D eigenvalue weighted by Crippen LogP contribution is 2.28. The van der Waals surface area contributed by atoms with Crippen LogP contribution in [0.2, 0.25) is 0 Å². The fraction of sp³-hybridized carbons (Fsp3) is 0.588. The lowest BCUT2D eigenvalue weighted by Gasteiger charge is -2.31. The lowest BCUT2D eigenvalue weighted by molar-refractivity contribution is -0.00955. The molecule has 0 saturated carbocycles. The summed E-state index contributed by atoms with van der Waals surface area (Å²) in [5, 5.41) is 7.45. The van der Waals surface area contributed by atoms with Crippen molar-refractivity contribution in [1.29, 1.82) is 0 Å². The van der Waals surface area contributed by atoms with Gasteiger partial charge in [-0.2, -0.15) is 5.10 Å². The van der Waals surface area contributed by atoms with Crippen molar-refractivity contribution in [3.8, 4) is 0 Å². The van der Waals surface area contributed by atoms with E-state index in [4.69, 9.17) is 4.74 Å². The molecule has 0 spiro atoms. The van der Waals surface area contributed by atoms with Crippen LogP contribution >= 0.6 is 0 Å². The number of carbonyl (C=O) groups excluding carboxylic acids is 1. The van der Waals surface area contributed by atoms with E-state index in [9.17, 15) is 4.79 Å². The molecule has 1 saturated heterocycles. The van der Waals surface area contributed by atoms with Crippen molar-refractivity contribution < 1.29 is 9.53 Å². The predicted octanol–water partition coefficient (Wildman–Crippen LogP) is 1.70. The number of rotatable bonds is 4. The Balaban J connectivity index is 1.49. The van der Waals surface area contributed by atoms with Gasteiger partial charge in [-0.3, -0.25) is 9.48 Å². The number of amides is 1. The maximum Gasteiger partial charge on any atom is 0.271 e. The molecule has 2 aliphatic heterocycles. The summed E-state index contributed by atoms with van der Waals surface area (Å²) in [6.45, 7) is 4.55. The number of nitrogens with zero attached hydrogens (tertiary/aromatic N) is 4. The number of aryl methyl sites for hydroxylation is 3. The molecule has 2 atom stereocenters.